The number of halogens is 1. The quantitative estimate of drug-likeness (QED) is 0.760. The van der Waals surface area contributed by atoms with Crippen LogP contribution in [0.4, 0.5) is 20.6 Å². The number of urea groups is 1. The number of benzene rings is 2. The van der Waals surface area contributed by atoms with Gasteiger partial charge in [0.15, 0.2) is 0 Å². The second-order valence-corrected chi connectivity index (χ2v) is 5.45. The number of rotatable bonds is 3. The number of nitrogens with one attached hydrogen (secondary N) is 2. The molecule has 0 radical (unpaired) electrons. The SMILES string of the molecule is O=C(Nc1ccc(F)cc1)Nc1ccccc1S(=O)(=O)O. The van der Waals surface area contributed by atoms with Crippen LogP contribution in [0.15, 0.2) is 53.4 Å². The van der Waals surface area contributed by atoms with Crippen LogP contribution >= 0.6 is 0 Å². The highest BCUT2D eigenvalue weighted by Gasteiger charge is 2.16. The van der Waals surface area contributed by atoms with Gasteiger partial charge in [-0.25, -0.2) is 9.18 Å². The largest absolute Gasteiger partial charge is 0.323 e. The molecule has 0 fully saturated rings. The van der Waals surface area contributed by atoms with Gasteiger partial charge in [-0.3, -0.25) is 4.55 Å². The summed E-state index contributed by atoms with van der Waals surface area (Å²) in [5.74, 6) is -0.447. The Morgan fingerprint density at radius 3 is 2.24 bits per heavy atom. The molecule has 2 amide bonds. The Hall–Kier alpha value is -2.45. The van der Waals surface area contributed by atoms with Gasteiger partial charge in [0.1, 0.15) is 10.7 Å². The van der Waals surface area contributed by atoms with E-state index in [1.54, 1.807) is 0 Å². The highest BCUT2D eigenvalue weighted by Crippen LogP contribution is 2.20. The summed E-state index contributed by atoms with van der Waals surface area (Å²) in [5, 5.41) is 4.70. The van der Waals surface area contributed by atoms with Gasteiger partial charge in [0, 0.05) is 5.69 Å². The second kappa shape index (κ2) is 5.90. The van der Waals surface area contributed by atoms with Crippen LogP contribution in [0.2, 0.25) is 0 Å². The Bertz CT molecular complexity index is 760. The summed E-state index contributed by atoms with van der Waals surface area (Å²) < 4.78 is 44.1. The minimum atomic E-state index is -4.45. The first-order valence-electron chi connectivity index (χ1n) is 5.76. The summed E-state index contributed by atoms with van der Waals surface area (Å²) in [5.41, 5.74) is 0.262. The van der Waals surface area contributed by atoms with Crippen LogP contribution in [-0.4, -0.2) is 19.0 Å². The molecule has 0 spiro atoms. The van der Waals surface area contributed by atoms with Crippen LogP contribution in [0.3, 0.4) is 0 Å². The van der Waals surface area contributed by atoms with Crippen LogP contribution in [0, 0.1) is 5.82 Å². The van der Waals surface area contributed by atoms with E-state index in [-0.39, 0.29) is 5.69 Å². The Labute approximate surface area is 120 Å². The molecule has 0 aromatic heterocycles. The fourth-order valence-electron chi connectivity index (χ4n) is 1.61. The van der Waals surface area contributed by atoms with E-state index in [1.807, 2.05) is 0 Å². The third-order valence-electron chi connectivity index (χ3n) is 2.52. The fourth-order valence-corrected chi connectivity index (χ4v) is 2.26. The van der Waals surface area contributed by atoms with Crippen LogP contribution in [-0.2, 0) is 10.1 Å². The van der Waals surface area contributed by atoms with Crippen molar-refractivity contribution < 1.29 is 22.2 Å². The first kappa shape index (κ1) is 14.9. The van der Waals surface area contributed by atoms with E-state index >= 15 is 0 Å². The van der Waals surface area contributed by atoms with Crippen molar-refractivity contribution in [3.8, 4) is 0 Å². The van der Waals surface area contributed by atoms with Crippen molar-refractivity contribution in [3.63, 3.8) is 0 Å². The van der Waals surface area contributed by atoms with Crippen molar-refractivity contribution in [2.24, 2.45) is 0 Å². The lowest BCUT2D eigenvalue weighted by Gasteiger charge is -2.10. The Kier molecular flexibility index (Phi) is 4.20. The highest BCUT2D eigenvalue weighted by atomic mass is 32.2. The fraction of sp³-hybridized carbons (Fsp3) is 0. The van der Waals surface area contributed by atoms with E-state index in [0.717, 1.165) is 6.07 Å². The first-order valence-corrected chi connectivity index (χ1v) is 7.20. The number of anilines is 2. The van der Waals surface area contributed by atoms with Gasteiger partial charge < -0.3 is 10.6 Å². The van der Waals surface area contributed by atoms with Crippen LogP contribution in [0.1, 0.15) is 0 Å². The maximum atomic E-state index is 12.7. The van der Waals surface area contributed by atoms with E-state index in [2.05, 4.69) is 10.6 Å². The zero-order chi connectivity index (χ0) is 15.5. The molecule has 0 aliphatic rings. The monoisotopic (exact) mass is 310 g/mol. The lowest BCUT2D eigenvalue weighted by molar-refractivity contribution is 0.262. The minimum absolute atomic E-state index is 0.0698. The third kappa shape index (κ3) is 4.01. The molecule has 2 aromatic carbocycles. The predicted octanol–water partition coefficient (Wildman–Crippen LogP) is 2.72. The number of carbonyl (C=O) groups excluding carboxylic acids is 1. The van der Waals surface area contributed by atoms with E-state index in [0.29, 0.717) is 5.69 Å². The van der Waals surface area contributed by atoms with Crippen molar-refractivity contribution in [2.45, 2.75) is 4.90 Å². The summed E-state index contributed by atoms with van der Waals surface area (Å²) in [6.07, 6.45) is 0. The van der Waals surface area contributed by atoms with Crippen LogP contribution in [0.5, 0.6) is 0 Å². The number of amides is 2. The normalized spacial score (nSPS) is 11.0. The zero-order valence-corrected chi connectivity index (χ0v) is 11.4. The topological polar surface area (TPSA) is 95.5 Å². The van der Waals surface area contributed by atoms with Gasteiger partial charge in [-0.1, -0.05) is 12.1 Å². The van der Waals surface area contributed by atoms with Gasteiger partial charge in [0.25, 0.3) is 10.1 Å². The molecule has 8 heteroatoms. The Morgan fingerprint density at radius 1 is 1.00 bits per heavy atom. The lowest BCUT2D eigenvalue weighted by atomic mass is 10.3. The Balaban J connectivity index is 2.15. The average molecular weight is 310 g/mol. The molecule has 0 aliphatic carbocycles. The van der Waals surface area contributed by atoms with E-state index in [9.17, 15) is 17.6 Å². The lowest BCUT2D eigenvalue weighted by Crippen LogP contribution is -2.20. The second-order valence-electron chi connectivity index (χ2n) is 4.06. The summed E-state index contributed by atoms with van der Waals surface area (Å²) in [4.78, 5) is 11.3. The zero-order valence-electron chi connectivity index (χ0n) is 10.6. The maximum Gasteiger partial charge on any atom is 0.323 e. The third-order valence-corrected chi connectivity index (χ3v) is 3.43. The van der Waals surface area contributed by atoms with Gasteiger partial charge >= 0.3 is 6.03 Å². The van der Waals surface area contributed by atoms with Gasteiger partial charge in [0.2, 0.25) is 0 Å². The molecule has 0 unspecified atom stereocenters. The van der Waals surface area contributed by atoms with Crippen molar-refractivity contribution >= 4 is 27.5 Å². The van der Waals surface area contributed by atoms with Gasteiger partial charge in [-0.15, -0.1) is 0 Å². The van der Waals surface area contributed by atoms with Gasteiger partial charge in [0.05, 0.1) is 5.69 Å². The first-order chi connectivity index (χ1) is 9.86. The van der Waals surface area contributed by atoms with Gasteiger partial charge in [-0.2, -0.15) is 8.42 Å². The molecule has 21 heavy (non-hydrogen) atoms. The van der Waals surface area contributed by atoms with E-state index in [4.69, 9.17) is 4.55 Å². The van der Waals surface area contributed by atoms with Crippen LogP contribution in [0.25, 0.3) is 0 Å². The smallest absolute Gasteiger partial charge is 0.308 e. The summed E-state index contributed by atoms with van der Waals surface area (Å²) in [6.45, 7) is 0. The molecule has 110 valence electrons. The molecule has 0 saturated heterocycles. The summed E-state index contributed by atoms with van der Waals surface area (Å²) >= 11 is 0. The van der Waals surface area contributed by atoms with Crippen LogP contribution < -0.4 is 10.6 Å². The minimum Gasteiger partial charge on any atom is -0.308 e. The van der Waals surface area contributed by atoms with Crippen molar-refractivity contribution in [1.29, 1.82) is 0 Å². The molecule has 0 bridgehead atoms. The molecule has 6 nitrogen and oxygen atoms in total. The molecule has 0 saturated carbocycles. The molecule has 2 rings (SSSR count). The van der Waals surface area contributed by atoms with E-state index in [1.165, 1.54) is 42.5 Å². The van der Waals surface area contributed by atoms with Gasteiger partial charge in [-0.05, 0) is 36.4 Å². The highest BCUT2D eigenvalue weighted by molar-refractivity contribution is 7.86. The average Bonchev–Trinajstić information content (AvgIpc) is 2.41. The number of hydrogen-bond acceptors (Lipinski definition) is 3. The van der Waals surface area contributed by atoms with Crippen molar-refractivity contribution in [2.75, 3.05) is 10.6 Å². The molecular formula is C13H11FN2O4S. The molecular weight excluding hydrogens is 299 g/mol. The van der Waals surface area contributed by atoms with Crippen molar-refractivity contribution in [3.05, 3.63) is 54.3 Å². The standard InChI is InChI=1S/C13H11FN2O4S/c14-9-5-7-10(8-6-9)15-13(17)16-11-3-1-2-4-12(11)21(18,19)20/h1-8H,(H2,15,16,17)(H,18,19,20). The maximum absolute atomic E-state index is 12.7. The summed E-state index contributed by atoms with van der Waals surface area (Å²) in [6, 6.07) is 9.71. The number of carbonyl (C=O) groups is 1. The predicted molar refractivity (Wildman–Crippen MR) is 75.3 cm³/mol. The van der Waals surface area contributed by atoms with E-state index < -0.39 is 26.9 Å². The van der Waals surface area contributed by atoms with Crippen molar-refractivity contribution in [1.82, 2.24) is 0 Å². The Morgan fingerprint density at radius 2 is 1.62 bits per heavy atom. The molecule has 2 aromatic rings. The molecule has 0 heterocycles. The summed E-state index contributed by atoms with van der Waals surface area (Å²) in [7, 11) is -4.45. The molecule has 0 aliphatic heterocycles. The number of para-hydroxylation sites is 1. The molecule has 3 N–H and O–H groups in total. The molecule has 0 atom stereocenters. The number of hydrogen-bond donors (Lipinski definition) is 3.